The number of hydrogen-bond acceptors (Lipinski definition) is 4. The Morgan fingerprint density at radius 2 is 2.27 bits per heavy atom. The smallest absolute Gasteiger partial charge is 0.153 e. The fraction of sp³-hybridized carbons (Fsp3) is 0.200. The van der Waals surface area contributed by atoms with Crippen molar-refractivity contribution in [2.24, 2.45) is 5.10 Å². The van der Waals surface area contributed by atoms with E-state index in [0.717, 1.165) is 11.3 Å². The predicted molar refractivity (Wildman–Crippen MR) is 69.8 cm³/mol. The van der Waals surface area contributed by atoms with Gasteiger partial charge in [0.1, 0.15) is 5.75 Å². The second-order valence-electron chi connectivity index (χ2n) is 2.60. The summed E-state index contributed by atoms with van der Waals surface area (Å²) in [7, 11) is 1.63. The molecule has 0 unspecified atom stereocenters. The van der Waals surface area contributed by atoms with E-state index < -0.39 is 0 Å². The number of thiocarbonyl (C=S) groups is 1. The maximum absolute atomic E-state index is 5.17. The van der Waals surface area contributed by atoms with Gasteiger partial charge in [-0.25, -0.2) is 0 Å². The first-order valence-corrected chi connectivity index (χ1v) is 5.91. The summed E-state index contributed by atoms with van der Waals surface area (Å²) in [6.07, 6.45) is 3.58. The first-order valence-electron chi connectivity index (χ1n) is 4.28. The summed E-state index contributed by atoms with van der Waals surface area (Å²) in [4.78, 5) is 0. The summed E-state index contributed by atoms with van der Waals surface area (Å²) in [5, 5.41) is 4.00. The van der Waals surface area contributed by atoms with E-state index in [-0.39, 0.29) is 0 Å². The van der Waals surface area contributed by atoms with Crippen LogP contribution < -0.4 is 10.2 Å². The first-order chi connectivity index (χ1) is 7.27. The van der Waals surface area contributed by atoms with E-state index in [1.807, 2.05) is 30.5 Å². The van der Waals surface area contributed by atoms with E-state index in [1.165, 1.54) is 11.8 Å². The van der Waals surface area contributed by atoms with Gasteiger partial charge < -0.3 is 4.74 Å². The van der Waals surface area contributed by atoms with Crippen LogP contribution in [0, 0.1) is 0 Å². The fourth-order valence-electron chi connectivity index (χ4n) is 0.973. The van der Waals surface area contributed by atoms with Crippen LogP contribution in [0.5, 0.6) is 5.75 Å². The Morgan fingerprint density at radius 1 is 1.53 bits per heavy atom. The molecule has 0 radical (unpaired) electrons. The van der Waals surface area contributed by atoms with Crippen LogP contribution in [0.3, 0.4) is 0 Å². The highest BCUT2D eigenvalue weighted by atomic mass is 32.2. The number of ether oxygens (including phenoxy) is 1. The number of nitrogens with one attached hydrogen (secondary N) is 1. The molecule has 1 N–H and O–H groups in total. The SMILES string of the molecule is COc1ccccc1/C=N/NC(=S)SC. The topological polar surface area (TPSA) is 33.6 Å². The zero-order chi connectivity index (χ0) is 11.1. The number of hydrogen-bond donors (Lipinski definition) is 1. The van der Waals surface area contributed by atoms with Crippen LogP contribution in [0.1, 0.15) is 5.56 Å². The molecule has 0 amide bonds. The molecule has 0 bridgehead atoms. The molecular weight excluding hydrogens is 228 g/mol. The molecule has 0 aliphatic rings. The third-order valence-corrected chi connectivity index (χ3v) is 2.74. The number of rotatable bonds is 3. The van der Waals surface area contributed by atoms with Gasteiger partial charge in [-0.05, 0) is 18.4 Å². The lowest BCUT2D eigenvalue weighted by Gasteiger charge is -2.03. The summed E-state index contributed by atoms with van der Waals surface area (Å²) in [6, 6.07) is 7.65. The highest BCUT2D eigenvalue weighted by Gasteiger charge is 1.97. The second-order valence-corrected chi connectivity index (χ2v) is 4.09. The van der Waals surface area contributed by atoms with E-state index in [2.05, 4.69) is 10.5 Å². The molecule has 3 nitrogen and oxygen atoms in total. The van der Waals surface area contributed by atoms with Gasteiger partial charge in [0.25, 0.3) is 0 Å². The Morgan fingerprint density at radius 3 is 2.93 bits per heavy atom. The average Bonchev–Trinajstić information content (AvgIpc) is 2.29. The quantitative estimate of drug-likeness (QED) is 0.499. The molecule has 0 fully saturated rings. The Labute approximate surface area is 98.9 Å². The minimum absolute atomic E-state index is 0.640. The molecule has 0 saturated carbocycles. The van der Waals surface area contributed by atoms with Gasteiger partial charge in [-0.1, -0.05) is 36.1 Å². The standard InChI is InChI=1S/C10H12N2OS2/c1-13-9-6-4-3-5-8(9)7-11-12-10(14)15-2/h3-7H,1-2H3,(H,12,14)/b11-7+. The van der Waals surface area contributed by atoms with Crippen LogP contribution in [0.4, 0.5) is 0 Å². The van der Waals surface area contributed by atoms with Crippen LogP contribution in [-0.4, -0.2) is 23.9 Å². The molecule has 15 heavy (non-hydrogen) atoms. The molecule has 0 atom stereocenters. The molecule has 0 aromatic heterocycles. The van der Waals surface area contributed by atoms with Crippen LogP contribution in [0.2, 0.25) is 0 Å². The number of hydrazone groups is 1. The maximum Gasteiger partial charge on any atom is 0.153 e. The van der Waals surface area contributed by atoms with Crippen molar-refractivity contribution in [1.82, 2.24) is 5.43 Å². The summed E-state index contributed by atoms with van der Waals surface area (Å²) in [5.41, 5.74) is 3.65. The fourth-order valence-corrected chi connectivity index (χ4v) is 1.17. The summed E-state index contributed by atoms with van der Waals surface area (Å²) < 4.78 is 5.81. The average molecular weight is 240 g/mol. The molecule has 1 aromatic rings. The lowest BCUT2D eigenvalue weighted by Crippen LogP contribution is -2.10. The highest BCUT2D eigenvalue weighted by molar-refractivity contribution is 8.22. The van der Waals surface area contributed by atoms with Gasteiger partial charge in [0.05, 0.1) is 13.3 Å². The van der Waals surface area contributed by atoms with Gasteiger partial charge in [-0.2, -0.15) is 5.10 Å². The first kappa shape index (κ1) is 12.0. The molecule has 1 rings (SSSR count). The van der Waals surface area contributed by atoms with Gasteiger partial charge in [0.15, 0.2) is 4.32 Å². The van der Waals surface area contributed by atoms with Crippen LogP contribution in [0.15, 0.2) is 29.4 Å². The van der Waals surface area contributed by atoms with Crippen molar-refractivity contribution in [1.29, 1.82) is 0 Å². The lowest BCUT2D eigenvalue weighted by molar-refractivity contribution is 0.414. The maximum atomic E-state index is 5.17. The van der Waals surface area contributed by atoms with Crippen molar-refractivity contribution in [2.45, 2.75) is 0 Å². The van der Waals surface area contributed by atoms with Gasteiger partial charge in [-0.15, -0.1) is 0 Å². The van der Waals surface area contributed by atoms with E-state index >= 15 is 0 Å². The van der Waals surface area contributed by atoms with Gasteiger partial charge >= 0.3 is 0 Å². The third-order valence-electron chi connectivity index (χ3n) is 1.68. The Kier molecular flexibility index (Phi) is 5.14. The highest BCUT2D eigenvalue weighted by Crippen LogP contribution is 2.14. The Balaban J connectivity index is 2.67. The minimum Gasteiger partial charge on any atom is -0.496 e. The zero-order valence-electron chi connectivity index (χ0n) is 8.56. The molecule has 0 saturated heterocycles. The van der Waals surface area contributed by atoms with Crippen LogP contribution >= 0.6 is 24.0 Å². The van der Waals surface area contributed by atoms with E-state index in [4.69, 9.17) is 17.0 Å². The van der Waals surface area contributed by atoms with Gasteiger partial charge in [0, 0.05) is 5.56 Å². The van der Waals surface area contributed by atoms with Crippen molar-refractivity contribution >= 4 is 34.5 Å². The second kappa shape index (κ2) is 6.42. The summed E-state index contributed by atoms with van der Waals surface area (Å²) >= 11 is 6.38. The van der Waals surface area contributed by atoms with Crippen LogP contribution in [0.25, 0.3) is 0 Å². The number of methoxy groups -OCH3 is 1. The molecule has 5 heteroatoms. The molecule has 0 spiro atoms. The van der Waals surface area contributed by atoms with Crippen LogP contribution in [-0.2, 0) is 0 Å². The Bertz CT molecular complexity index is 366. The summed E-state index contributed by atoms with van der Waals surface area (Å²) in [5.74, 6) is 0.790. The van der Waals surface area contributed by atoms with E-state index in [1.54, 1.807) is 13.3 Å². The molecule has 80 valence electrons. The largest absolute Gasteiger partial charge is 0.496 e. The monoisotopic (exact) mass is 240 g/mol. The minimum atomic E-state index is 0.640. The molecular formula is C10H12N2OS2. The van der Waals surface area contributed by atoms with Crippen molar-refractivity contribution in [3.05, 3.63) is 29.8 Å². The number of thioether (sulfide) groups is 1. The number of para-hydroxylation sites is 1. The van der Waals surface area contributed by atoms with E-state index in [9.17, 15) is 0 Å². The zero-order valence-corrected chi connectivity index (χ0v) is 10.2. The predicted octanol–water partition coefficient (Wildman–Crippen LogP) is 2.27. The number of nitrogens with zero attached hydrogens (tertiary/aromatic N) is 1. The van der Waals surface area contributed by atoms with Gasteiger partial charge in [0.2, 0.25) is 0 Å². The molecule has 0 heterocycles. The van der Waals surface area contributed by atoms with Crippen molar-refractivity contribution in [2.75, 3.05) is 13.4 Å². The lowest BCUT2D eigenvalue weighted by atomic mass is 10.2. The third kappa shape index (κ3) is 3.89. The van der Waals surface area contributed by atoms with Crippen molar-refractivity contribution in [3.63, 3.8) is 0 Å². The molecule has 0 aliphatic heterocycles. The normalized spacial score (nSPS) is 10.3. The number of benzene rings is 1. The Hall–Kier alpha value is -1.07. The van der Waals surface area contributed by atoms with E-state index in [0.29, 0.717) is 4.32 Å². The van der Waals surface area contributed by atoms with Gasteiger partial charge in [-0.3, -0.25) is 5.43 Å². The summed E-state index contributed by atoms with van der Waals surface area (Å²) in [6.45, 7) is 0. The molecule has 0 aliphatic carbocycles. The molecule has 1 aromatic carbocycles. The van der Waals surface area contributed by atoms with Crippen molar-refractivity contribution in [3.8, 4) is 5.75 Å². The van der Waals surface area contributed by atoms with Crippen molar-refractivity contribution < 1.29 is 4.74 Å².